The lowest BCUT2D eigenvalue weighted by molar-refractivity contribution is 0.0942. The molecule has 0 bridgehead atoms. The number of ether oxygens (including phenoxy) is 2. The standard InChI is InChI=1S/C21H18N4O3S/c1-13(20-24-23-19-4-2-3-9-25(19)20)22-21(26)18-8-7-17(29-18)14-5-6-15-16(12-14)28-11-10-27-15/h2-9,12-13H,10-11H2,1H3,(H,22,26). The molecule has 0 radical (unpaired) electrons. The van der Waals surface area contributed by atoms with Crippen molar-refractivity contribution in [1.29, 1.82) is 0 Å². The Kier molecular flexibility index (Phi) is 4.40. The van der Waals surface area contributed by atoms with Crippen molar-refractivity contribution >= 4 is 22.9 Å². The van der Waals surface area contributed by atoms with E-state index in [1.54, 1.807) is 0 Å². The van der Waals surface area contributed by atoms with Gasteiger partial charge in [0.2, 0.25) is 0 Å². The summed E-state index contributed by atoms with van der Waals surface area (Å²) in [5.74, 6) is 2.04. The number of rotatable bonds is 4. The molecule has 8 heteroatoms. The number of carbonyl (C=O) groups is 1. The number of benzene rings is 1. The normalized spacial score (nSPS) is 14.0. The predicted molar refractivity (Wildman–Crippen MR) is 110 cm³/mol. The molecule has 7 nitrogen and oxygen atoms in total. The van der Waals surface area contributed by atoms with Gasteiger partial charge in [0, 0.05) is 11.1 Å². The molecule has 0 spiro atoms. The van der Waals surface area contributed by atoms with Crippen molar-refractivity contribution in [3.05, 3.63) is 65.4 Å². The van der Waals surface area contributed by atoms with Gasteiger partial charge in [-0.05, 0) is 55.0 Å². The summed E-state index contributed by atoms with van der Waals surface area (Å²) in [5, 5.41) is 11.4. The lowest BCUT2D eigenvalue weighted by Crippen LogP contribution is -2.27. The third-order valence-corrected chi connectivity index (χ3v) is 5.86. The van der Waals surface area contributed by atoms with Crippen molar-refractivity contribution in [3.8, 4) is 21.9 Å². The molecular weight excluding hydrogens is 388 g/mol. The highest BCUT2D eigenvalue weighted by molar-refractivity contribution is 7.17. The lowest BCUT2D eigenvalue weighted by Gasteiger charge is -2.18. The largest absolute Gasteiger partial charge is 0.486 e. The van der Waals surface area contributed by atoms with Crippen molar-refractivity contribution in [2.75, 3.05) is 13.2 Å². The van der Waals surface area contributed by atoms with E-state index in [0.717, 1.165) is 27.6 Å². The van der Waals surface area contributed by atoms with Gasteiger partial charge in [-0.3, -0.25) is 9.20 Å². The summed E-state index contributed by atoms with van der Waals surface area (Å²) in [5.41, 5.74) is 1.75. The minimum absolute atomic E-state index is 0.140. The van der Waals surface area contributed by atoms with Gasteiger partial charge in [0.15, 0.2) is 23.0 Å². The van der Waals surface area contributed by atoms with Crippen molar-refractivity contribution in [2.24, 2.45) is 0 Å². The van der Waals surface area contributed by atoms with Gasteiger partial charge in [-0.25, -0.2) is 0 Å². The van der Waals surface area contributed by atoms with Gasteiger partial charge in [0.1, 0.15) is 13.2 Å². The third-order valence-electron chi connectivity index (χ3n) is 4.73. The van der Waals surface area contributed by atoms with Crippen LogP contribution < -0.4 is 14.8 Å². The molecule has 4 aromatic rings. The fraction of sp³-hybridized carbons (Fsp3) is 0.190. The average Bonchev–Trinajstić information content (AvgIpc) is 3.41. The number of hydrogen-bond acceptors (Lipinski definition) is 6. The Bertz CT molecular complexity index is 1200. The molecule has 146 valence electrons. The summed E-state index contributed by atoms with van der Waals surface area (Å²) in [6.07, 6.45) is 1.89. The number of amides is 1. The first-order valence-electron chi connectivity index (χ1n) is 9.29. The molecule has 1 aliphatic rings. The van der Waals surface area contributed by atoms with Gasteiger partial charge in [-0.15, -0.1) is 21.5 Å². The van der Waals surface area contributed by atoms with Crippen LogP contribution in [0, 0.1) is 0 Å². The maximum absolute atomic E-state index is 12.8. The number of nitrogens with zero attached hydrogens (tertiary/aromatic N) is 3. The van der Waals surface area contributed by atoms with E-state index in [1.807, 2.05) is 66.1 Å². The van der Waals surface area contributed by atoms with Gasteiger partial charge >= 0.3 is 0 Å². The minimum atomic E-state index is -0.278. The maximum atomic E-state index is 12.8. The van der Waals surface area contributed by atoms with Crippen LogP contribution in [0.15, 0.2) is 54.7 Å². The molecule has 0 fully saturated rings. The second-order valence-corrected chi connectivity index (χ2v) is 7.79. The van der Waals surface area contributed by atoms with Crippen molar-refractivity contribution in [2.45, 2.75) is 13.0 Å². The number of nitrogens with one attached hydrogen (secondary N) is 1. The first-order valence-corrected chi connectivity index (χ1v) is 10.1. The molecule has 0 aliphatic carbocycles. The zero-order valence-electron chi connectivity index (χ0n) is 15.7. The summed E-state index contributed by atoms with van der Waals surface area (Å²) in [6.45, 7) is 3.01. The van der Waals surface area contributed by atoms with E-state index in [9.17, 15) is 4.79 Å². The second kappa shape index (κ2) is 7.21. The molecule has 1 N–H and O–H groups in total. The molecule has 0 saturated carbocycles. The van der Waals surface area contributed by atoms with E-state index in [4.69, 9.17) is 9.47 Å². The zero-order valence-corrected chi connectivity index (χ0v) is 16.5. The number of aromatic nitrogens is 3. The molecule has 1 aromatic carbocycles. The van der Waals surface area contributed by atoms with Crippen molar-refractivity contribution in [3.63, 3.8) is 0 Å². The van der Waals surface area contributed by atoms with E-state index in [2.05, 4.69) is 15.5 Å². The van der Waals surface area contributed by atoms with Gasteiger partial charge < -0.3 is 14.8 Å². The van der Waals surface area contributed by atoms with E-state index in [-0.39, 0.29) is 11.9 Å². The topological polar surface area (TPSA) is 77.8 Å². The fourth-order valence-corrected chi connectivity index (χ4v) is 4.20. The summed E-state index contributed by atoms with van der Waals surface area (Å²) in [7, 11) is 0. The summed E-state index contributed by atoms with van der Waals surface area (Å²) >= 11 is 1.44. The predicted octanol–water partition coefficient (Wildman–Crippen LogP) is 3.72. The van der Waals surface area contributed by atoms with Crippen LogP contribution in [0.2, 0.25) is 0 Å². The van der Waals surface area contributed by atoms with Crippen LogP contribution in [0.5, 0.6) is 11.5 Å². The Hall–Kier alpha value is -3.39. The summed E-state index contributed by atoms with van der Waals surface area (Å²) in [4.78, 5) is 14.4. The second-order valence-electron chi connectivity index (χ2n) is 6.70. The monoisotopic (exact) mass is 406 g/mol. The van der Waals surface area contributed by atoms with Crippen molar-refractivity contribution in [1.82, 2.24) is 19.9 Å². The van der Waals surface area contributed by atoms with Gasteiger partial charge in [-0.1, -0.05) is 6.07 Å². The molecule has 29 heavy (non-hydrogen) atoms. The Balaban J connectivity index is 1.34. The maximum Gasteiger partial charge on any atom is 0.261 e. The van der Waals surface area contributed by atoms with Crippen LogP contribution in [0.25, 0.3) is 16.1 Å². The van der Waals surface area contributed by atoms with Crippen LogP contribution in [-0.2, 0) is 0 Å². The van der Waals surface area contributed by atoms with Crippen LogP contribution in [0.3, 0.4) is 0 Å². The smallest absolute Gasteiger partial charge is 0.261 e. The van der Waals surface area contributed by atoms with E-state index < -0.39 is 0 Å². The van der Waals surface area contributed by atoms with Gasteiger partial charge in [-0.2, -0.15) is 0 Å². The molecule has 3 aromatic heterocycles. The Morgan fingerprint density at radius 2 is 1.97 bits per heavy atom. The average molecular weight is 406 g/mol. The highest BCUT2D eigenvalue weighted by Gasteiger charge is 2.19. The molecule has 4 heterocycles. The first-order chi connectivity index (χ1) is 14.2. The molecule has 1 amide bonds. The fourth-order valence-electron chi connectivity index (χ4n) is 3.30. The Labute approximate surface area is 170 Å². The van der Waals surface area contributed by atoms with Gasteiger partial charge in [0.05, 0.1) is 10.9 Å². The van der Waals surface area contributed by atoms with E-state index >= 15 is 0 Å². The number of carbonyl (C=O) groups excluding carboxylic acids is 1. The van der Waals surface area contributed by atoms with Gasteiger partial charge in [0.25, 0.3) is 5.91 Å². The Morgan fingerprint density at radius 3 is 2.86 bits per heavy atom. The number of hydrogen-bond donors (Lipinski definition) is 1. The van der Waals surface area contributed by atoms with Crippen LogP contribution in [0.4, 0.5) is 0 Å². The molecule has 1 atom stereocenters. The van der Waals surface area contributed by atoms with Crippen LogP contribution in [-0.4, -0.2) is 33.7 Å². The molecule has 0 saturated heterocycles. The summed E-state index contributed by atoms with van der Waals surface area (Å²) < 4.78 is 13.1. The Morgan fingerprint density at radius 1 is 1.10 bits per heavy atom. The molecular formula is C21H18N4O3S. The molecule has 5 rings (SSSR count). The number of fused-ring (bicyclic) bond motifs is 2. The highest BCUT2D eigenvalue weighted by Crippen LogP contribution is 2.37. The van der Waals surface area contributed by atoms with E-state index in [1.165, 1.54) is 11.3 Å². The first kappa shape index (κ1) is 17.7. The SMILES string of the molecule is CC(NC(=O)c1ccc(-c2ccc3c(c2)OCCO3)s1)c1nnc2ccccn12. The molecule has 1 aliphatic heterocycles. The van der Waals surface area contributed by atoms with E-state index in [0.29, 0.717) is 23.9 Å². The zero-order chi connectivity index (χ0) is 19.8. The minimum Gasteiger partial charge on any atom is -0.486 e. The van der Waals surface area contributed by atoms with Crippen LogP contribution in [0.1, 0.15) is 28.5 Å². The highest BCUT2D eigenvalue weighted by atomic mass is 32.1. The summed E-state index contributed by atoms with van der Waals surface area (Å²) in [6, 6.07) is 15.0. The van der Waals surface area contributed by atoms with Crippen molar-refractivity contribution < 1.29 is 14.3 Å². The number of pyridine rings is 1. The van der Waals surface area contributed by atoms with Crippen LogP contribution >= 0.6 is 11.3 Å². The number of thiophene rings is 1. The quantitative estimate of drug-likeness (QED) is 0.559. The third kappa shape index (κ3) is 3.31. The molecule has 1 unspecified atom stereocenters. The lowest BCUT2D eigenvalue weighted by atomic mass is 10.1.